The quantitative estimate of drug-likeness (QED) is 0.686. The Morgan fingerprint density at radius 1 is 1.64 bits per heavy atom. The third-order valence-corrected chi connectivity index (χ3v) is 2.64. The molecule has 6 heteroatoms. The molecule has 0 saturated carbocycles. The molecule has 1 heterocycles. The molecule has 0 atom stereocenters. The maximum Gasteiger partial charge on any atom is 0.266 e. The van der Waals surface area contributed by atoms with Crippen molar-refractivity contribution in [3.8, 4) is 5.75 Å². The first kappa shape index (κ1) is 11.6. The lowest BCUT2D eigenvalue weighted by molar-refractivity contribution is 0.148. The number of rotatable bonds is 3. The van der Waals surface area contributed by atoms with Gasteiger partial charge in [0.25, 0.3) is 6.43 Å². The van der Waals surface area contributed by atoms with Gasteiger partial charge in [-0.15, -0.1) is 0 Å². The fraction of sp³-hybridized carbons (Fsp3) is 0.375. The second kappa shape index (κ2) is 4.83. The van der Waals surface area contributed by atoms with Gasteiger partial charge in [0.1, 0.15) is 9.45 Å². The van der Waals surface area contributed by atoms with Crippen LogP contribution in [0.25, 0.3) is 0 Å². The smallest absolute Gasteiger partial charge is 0.266 e. The molecule has 0 radical (unpaired) electrons. The minimum atomic E-state index is -2.58. The molecule has 14 heavy (non-hydrogen) atoms. The fourth-order valence-corrected chi connectivity index (χ4v) is 1.83. The summed E-state index contributed by atoms with van der Waals surface area (Å²) in [6, 6.07) is 0. The molecule has 1 aromatic rings. The SMILES string of the molecule is COc1cnc(I)c(C(F)F)c1CN. The molecule has 0 amide bonds. The van der Waals surface area contributed by atoms with Gasteiger partial charge in [0.2, 0.25) is 0 Å². The molecule has 0 aliphatic heterocycles. The Kier molecular flexibility index (Phi) is 3.99. The van der Waals surface area contributed by atoms with Crippen molar-refractivity contribution in [2.24, 2.45) is 5.73 Å². The molecule has 3 nitrogen and oxygen atoms in total. The van der Waals surface area contributed by atoms with Gasteiger partial charge in [0, 0.05) is 12.1 Å². The summed E-state index contributed by atoms with van der Waals surface area (Å²) in [6.07, 6.45) is -1.18. The molecule has 0 bridgehead atoms. The number of methoxy groups -OCH3 is 1. The van der Waals surface area contributed by atoms with Crippen molar-refractivity contribution in [1.82, 2.24) is 4.98 Å². The van der Waals surface area contributed by atoms with Crippen LogP contribution in [0.5, 0.6) is 5.75 Å². The van der Waals surface area contributed by atoms with Crippen LogP contribution < -0.4 is 10.5 Å². The van der Waals surface area contributed by atoms with Gasteiger partial charge in [0.05, 0.1) is 18.9 Å². The Labute approximate surface area is 93.8 Å². The van der Waals surface area contributed by atoms with E-state index in [9.17, 15) is 8.78 Å². The molecular formula is C8H9F2IN2O. The maximum atomic E-state index is 12.6. The summed E-state index contributed by atoms with van der Waals surface area (Å²) >= 11 is 1.76. The number of hydrogen-bond donors (Lipinski definition) is 1. The van der Waals surface area contributed by atoms with Crippen molar-refractivity contribution >= 4 is 22.6 Å². The lowest BCUT2D eigenvalue weighted by Gasteiger charge is -2.12. The van der Waals surface area contributed by atoms with E-state index in [-0.39, 0.29) is 15.8 Å². The fourth-order valence-electron chi connectivity index (χ4n) is 1.13. The third kappa shape index (κ3) is 2.11. The Morgan fingerprint density at radius 2 is 2.29 bits per heavy atom. The summed E-state index contributed by atoms with van der Waals surface area (Å²) in [5.74, 6) is 0.309. The van der Waals surface area contributed by atoms with E-state index in [1.807, 2.05) is 0 Å². The largest absolute Gasteiger partial charge is 0.495 e. The maximum absolute atomic E-state index is 12.6. The molecule has 0 spiro atoms. The van der Waals surface area contributed by atoms with E-state index < -0.39 is 6.43 Å². The number of nitrogens with two attached hydrogens (primary N) is 1. The van der Waals surface area contributed by atoms with E-state index in [2.05, 4.69) is 4.98 Å². The number of hydrogen-bond acceptors (Lipinski definition) is 3. The van der Waals surface area contributed by atoms with Crippen LogP contribution in [0, 0.1) is 3.70 Å². The minimum absolute atomic E-state index is 0.0152. The first-order valence-electron chi connectivity index (χ1n) is 3.81. The Bertz CT molecular complexity index is 333. The molecule has 0 unspecified atom stereocenters. The Morgan fingerprint density at radius 3 is 2.71 bits per heavy atom. The standard InChI is InChI=1S/C8H9F2IN2O/c1-14-5-3-13-8(11)6(7(9)10)4(5)2-12/h3,7H,2,12H2,1H3. The van der Waals surface area contributed by atoms with E-state index in [0.717, 1.165) is 0 Å². The van der Waals surface area contributed by atoms with Gasteiger partial charge in [-0.05, 0) is 22.6 Å². The summed E-state index contributed by atoms with van der Waals surface area (Å²) in [5, 5.41) is 0. The summed E-state index contributed by atoms with van der Waals surface area (Å²) in [5.41, 5.74) is 5.58. The number of aromatic nitrogens is 1. The molecule has 0 aliphatic carbocycles. The summed E-state index contributed by atoms with van der Waals surface area (Å²) in [7, 11) is 1.40. The molecule has 1 rings (SSSR count). The highest BCUT2D eigenvalue weighted by Crippen LogP contribution is 2.31. The average Bonchev–Trinajstić information content (AvgIpc) is 2.16. The van der Waals surface area contributed by atoms with E-state index >= 15 is 0 Å². The highest BCUT2D eigenvalue weighted by molar-refractivity contribution is 14.1. The van der Waals surface area contributed by atoms with Crippen molar-refractivity contribution in [3.63, 3.8) is 0 Å². The molecule has 0 aromatic carbocycles. The third-order valence-electron chi connectivity index (χ3n) is 1.78. The zero-order valence-corrected chi connectivity index (χ0v) is 9.59. The molecule has 1 aromatic heterocycles. The monoisotopic (exact) mass is 314 g/mol. The van der Waals surface area contributed by atoms with Crippen LogP contribution in [0.1, 0.15) is 17.6 Å². The van der Waals surface area contributed by atoms with Crippen LogP contribution in [0.15, 0.2) is 6.20 Å². The van der Waals surface area contributed by atoms with Gasteiger partial charge in [0.15, 0.2) is 0 Å². The second-order valence-electron chi connectivity index (χ2n) is 2.51. The molecule has 78 valence electrons. The number of halogens is 3. The van der Waals surface area contributed by atoms with E-state index in [1.165, 1.54) is 13.3 Å². The topological polar surface area (TPSA) is 48.1 Å². The van der Waals surface area contributed by atoms with E-state index in [0.29, 0.717) is 11.3 Å². The van der Waals surface area contributed by atoms with E-state index in [1.54, 1.807) is 22.6 Å². The zero-order valence-electron chi connectivity index (χ0n) is 7.43. The molecule has 0 fully saturated rings. The Balaban J connectivity index is 3.35. The summed E-state index contributed by atoms with van der Waals surface area (Å²) in [6.45, 7) is 0.0152. The average molecular weight is 314 g/mol. The predicted molar refractivity (Wildman–Crippen MR) is 56.4 cm³/mol. The minimum Gasteiger partial charge on any atom is -0.495 e. The van der Waals surface area contributed by atoms with Gasteiger partial charge in [-0.3, -0.25) is 0 Å². The summed E-state index contributed by atoms with van der Waals surface area (Å²) < 4.78 is 30.4. The summed E-state index contributed by atoms with van der Waals surface area (Å²) in [4.78, 5) is 3.81. The van der Waals surface area contributed by atoms with Gasteiger partial charge in [-0.1, -0.05) is 0 Å². The van der Waals surface area contributed by atoms with Crippen LogP contribution in [0.3, 0.4) is 0 Å². The van der Waals surface area contributed by atoms with Crippen LogP contribution in [-0.4, -0.2) is 12.1 Å². The van der Waals surface area contributed by atoms with Gasteiger partial charge in [-0.2, -0.15) is 0 Å². The lowest BCUT2D eigenvalue weighted by Crippen LogP contribution is -2.08. The van der Waals surface area contributed by atoms with Crippen LogP contribution in [0.4, 0.5) is 8.78 Å². The zero-order chi connectivity index (χ0) is 10.7. The van der Waals surface area contributed by atoms with Crippen molar-refractivity contribution in [2.45, 2.75) is 13.0 Å². The first-order chi connectivity index (χ1) is 6.61. The molecule has 2 N–H and O–H groups in total. The Hall–Kier alpha value is -0.500. The number of alkyl halides is 2. The number of nitrogens with zero attached hydrogens (tertiary/aromatic N) is 1. The van der Waals surface area contributed by atoms with Gasteiger partial charge in [-0.25, -0.2) is 13.8 Å². The van der Waals surface area contributed by atoms with Crippen molar-refractivity contribution < 1.29 is 13.5 Å². The molecule has 0 aliphatic rings. The van der Waals surface area contributed by atoms with Crippen molar-refractivity contribution in [2.75, 3.05) is 7.11 Å². The van der Waals surface area contributed by atoms with Gasteiger partial charge >= 0.3 is 0 Å². The number of ether oxygens (including phenoxy) is 1. The number of pyridine rings is 1. The highest BCUT2D eigenvalue weighted by atomic mass is 127. The van der Waals surface area contributed by atoms with Crippen LogP contribution in [-0.2, 0) is 6.54 Å². The molecule has 0 saturated heterocycles. The normalized spacial score (nSPS) is 10.7. The molecular weight excluding hydrogens is 305 g/mol. The highest BCUT2D eigenvalue weighted by Gasteiger charge is 2.20. The van der Waals surface area contributed by atoms with E-state index in [4.69, 9.17) is 10.5 Å². The van der Waals surface area contributed by atoms with Crippen LogP contribution in [0.2, 0.25) is 0 Å². The van der Waals surface area contributed by atoms with Gasteiger partial charge < -0.3 is 10.5 Å². The predicted octanol–water partition coefficient (Wildman–Crippen LogP) is 2.09. The van der Waals surface area contributed by atoms with Crippen molar-refractivity contribution in [3.05, 3.63) is 21.0 Å². The first-order valence-corrected chi connectivity index (χ1v) is 4.89. The van der Waals surface area contributed by atoms with Crippen LogP contribution >= 0.6 is 22.6 Å². The lowest BCUT2D eigenvalue weighted by atomic mass is 10.1. The second-order valence-corrected chi connectivity index (χ2v) is 3.54. The van der Waals surface area contributed by atoms with Crippen molar-refractivity contribution in [1.29, 1.82) is 0 Å².